The van der Waals surface area contributed by atoms with Crippen molar-refractivity contribution in [3.63, 3.8) is 0 Å². The van der Waals surface area contributed by atoms with Crippen molar-refractivity contribution in [1.82, 2.24) is 15.2 Å². The minimum Gasteiger partial charge on any atom is -0.490 e. The molecule has 1 aromatic carbocycles. The van der Waals surface area contributed by atoms with E-state index in [0.717, 1.165) is 31.3 Å². The van der Waals surface area contributed by atoms with E-state index in [1.54, 1.807) is 26.4 Å². The normalized spacial score (nSPS) is 17.1. The molecule has 1 aliphatic heterocycles. The van der Waals surface area contributed by atoms with Crippen LogP contribution in [0.2, 0.25) is 0 Å². The van der Waals surface area contributed by atoms with Gasteiger partial charge in [-0.3, -0.25) is 9.69 Å². The number of hydrogen-bond acceptors (Lipinski definition) is 7. The van der Waals surface area contributed by atoms with Crippen LogP contribution in [0.5, 0.6) is 11.5 Å². The molecule has 1 saturated heterocycles. The molecule has 1 atom stereocenters. The molecule has 170 valence electrons. The van der Waals surface area contributed by atoms with Crippen molar-refractivity contribution in [2.45, 2.75) is 38.8 Å². The molecule has 1 amide bonds. The third-order valence-corrected chi connectivity index (χ3v) is 5.39. The number of rotatable bonds is 10. The lowest BCUT2D eigenvalue weighted by molar-refractivity contribution is 0.0521. The van der Waals surface area contributed by atoms with Gasteiger partial charge in [0.25, 0.3) is 5.91 Å². The van der Waals surface area contributed by atoms with Gasteiger partial charge < -0.3 is 24.3 Å². The smallest absolute Gasteiger partial charge is 0.270 e. The van der Waals surface area contributed by atoms with Crippen LogP contribution in [0.3, 0.4) is 0 Å². The van der Waals surface area contributed by atoms with Gasteiger partial charge in [-0.05, 0) is 45.4 Å². The quantitative estimate of drug-likeness (QED) is 0.458. The highest BCUT2D eigenvalue weighted by Gasteiger charge is 2.24. The second-order valence-electron chi connectivity index (χ2n) is 7.95. The first-order chi connectivity index (χ1) is 15.0. The molecule has 0 bridgehead atoms. The number of aromatic nitrogens is 1. The Morgan fingerprint density at radius 3 is 2.77 bits per heavy atom. The molecule has 3 rings (SSSR count). The number of ether oxygens (including phenoxy) is 4. The van der Waals surface area contributed by atoms with Gasteiger partial charge in [0.15, 0.2) is 6.79 Å². The number of carbonyl (C=O) groups is 1. The fourth-order valence-electron chi connectivity index (χ4n) is 3.75. The van der Waals surface area contributed by atoms with Crippen molar-refractivity contribution in [2.75, 3.05) is 47.3 Å². The van der Waals surface area contributed by atoms with Crippen LogP contribution in [0, 0.1) is 0 Å². The van der Waals surface area contributed by atoms with Crippen LogP contribution in [0.25, 0.3) is 10.9 Å². The molecule has 0 aliphatic carbocycles. The summed E-state index contributed by atoms with van der Waals surface area (Å²) in [6.45, 7) is 7.17. The summed E-state index contributed by atoms with van der Waals surface area (Å²) in [6, 6.07) is 7.81. The number of methoxy groups -OCH3 is 2. The number of benzene rings is 1. The number of hydrogen-bond donors (Lipinski definition) is 1. The van der Waals surface area contributed by atoms with E-state index in [1.807, 2.05) is 12.1 Å². The molecule has 8 heteroatoms. The Balaban J connectivity index is 1.88. The summed E-state index contributed by atoms with van der Waals surface area (Å²) in [5.41, 5.74) is 0.863. The molecule has 2 heterocycles. The van der Waals surface area contributed by atoms with Gasteiger partial charge in [0.05, 0.1) is 6.61 Å². The average molecular weight is 432 g/mol. The number of pyridine rings is 1. The van der Waals surface area contributed by atoms with E-state index in [2.05, 4.69) is 29.0 Å². The van der Waals surface area contributed by atoms with Gasteiger partial charge in [0.2, 0.25) is 0 Å². The Bertz CT molecular complexity index is 874. The van der Waals surface area contributed by atoms with Crippen LogP contribution in [0.4, 0.5) is 0 Å². The molecule has 0 spiro atoms. The molecule has 0 unspecified atom stereocenters. The average Bonchev–Trinajstić information content (AvgIpc) is 2.77. The molecule has 2 aromatic rings. The maximum Gasteiger partial charge on any atom is 0.270 e. The minimum absolute atomic E-state index is 0.0875. The lowest BCUT2D eigenvalue weighted by Gasteiger charge is -2.35. The zero-order chi connectivity index (χ0) is 22.2. The Kier molecular flexibility index (Phi) is 8.45. The Labute approximate surface area is 183 Å². The molecule has 8 nitrogen and oxygen atoms in total. The van der Waals surface area contributed by atoms with Crippen LogP contribution in [0.15, 0.2) is 24.3 Å². The van der Waals surface area contributed by atoms with Crippen molar-refractivity contribution in [3.8, 4) is 11.5 Å². The van der Waals surface area contributed by atoms with Crippen LogP contribution in [-0.4, -0.2) is 75.2 Å². The van der Waals surface area contributed by atoms with Crippen LogP contribution in [0.1, 0.15) is 37.2 Å². The summed E-state index contributed by atoms with van der Waals surface area (Å²) in [4.78, 5) is 20.1. The molecular weight excluding hydrogens is 398 g/mol. The SMILES string of the molecule is COCCOc1cc(C(=O)N[C@@H]2CCCN(C(C)C)C2)nc2c(OCOC)cccc12. The lowest BCUT2D eigenvalue weighted by atomic mass is 10.0. The maximum atomic E-state index is 13.1. The van der Waals surface area contributed by atoms with Gasteiger partial charge in [-0.15, -0.1) is 0 Å². The summed E-state index contributed by atoms with van der Waals surface area (Å²) in [5.74, 6) is 0.896. The van der Waals surface area contributed by atoms with Crippen molar-refractivity contribution in [3.05, 3.63) is 30.0 Å². The predicted octanol–water partition coefficient (Wildman–Crippen LogP) is 2.85. The standard InChI is InChI=1S/C23H33N3O5/c1-16(2)26-10-6-7-17(14-26)24-23(27)19-13-21(30-12-11-28-3)18-8-5-9-20(22(18)25-19)31-15-29-4/h5,8-9,13,16-17H,6-7,10-12,14-15H2,1-4H3,(H,24,27)/t17-/m1/s1. The predicted molar refractivity (Wildman–Crippen MR) is 119 cm³/mol. The van der Waals surface area contributed by atoms with Gasteiger partial charge in [-0.2, -0.15) is 0 Å². The van der Waals surface area contributed by atoms with Crippen molar-refractivity contribution >= 4 is 16.8 Å². The summed E-state index contributed by atoms with van der Waals surface area (Å²) < 4.78 is 21.7. The third kappa shape index (κ3) is 6.06. The fraction of sp³-hybridized carbons (Fsp3) is 0.565. The number of piperidine rings is 1. The van der Waals surface area contributed by atoms with Crippen molar-refractivity contribution in [2.24, 2.45) is 0 Å². The third-order valence-electron chi connectivity index (χ3n) is 5.39. The van der Waals surface area contributed by atoms with E-state index in [1.165, 1.54) is 0 Å². The van der Waals surface area contributed by atoms with Crippen molar-refractivity contribution in [1.29, 1.82) is 0 Å². The van der Waals surface area contributed by atoms with Gasteiger partial charge in [0.1, 0.15) is 29.3 Å². The summed E-state index contributed by atoms with van der Waals surface area (Å²) in [5, 5.41) is 3.92. The number of nitrogens with zero attached hydrogens (tertiary/aromatic N) is 2. The summed E-state index contributed by atoms with van der Waals surface area (Å²) >= 11 is 0. The number of amides is 1. The van der Waals surface area contributed by atoms with Crippen LogP contribution < -0.4 is 14.8 Å². The molecule has 1 N–H and O–H groups in total. The molecule has 1 aromatic heterocycles. The minimum atomic E-state index is -0.212. The number of fused-ring (bicyclic) bond motifs is 1. The van der Waals surface area contributed by atoms with E-state index < -0.39 is 0 Å². The van der Waals surface area contributed by atoms with Gasteiger partial charge >= 0.3 is 0 Å². The monoisotopic (exact) mass is 431 g/mol. The number of para-hydroxylation sites is 1. The Morgan fingerprint density at radius 2 is 2.03 bits per heavy atom. The largest absolute Gasteiger partial charge is 0.490 e. The second-order valence-corrected chi connectivity index (χ2v) is 7.95. The molecular formula is C23H33N3O5. The van der Waals surface area contributed by atoms with Gasteiger partial charge in [0, 0.05) is 44.3 Å². The van der Waals surface area contributed by atoms with E-state index in [4.69, 9.17) is 18.9 Å². The summed E-state index contributed by atoms with van der Waals surface area (Å²) in [7, 11) is 3.18. The maximum absolute atomic E-state index is 13.1. The number of likely N-dealkylation sites (tertiary alicyclic amines) is 1. The number of carbonyl (C=O) groups excluding carboxylic acids is 1. The Morgan fingerprint density at radius 1 is 1.19 bits per heavy atom. The fourth-order valence-corrected chi connectivity index (χ4v) is 3.75. The van der Waals surface area contributed by atoms with E-state index in [-0.39, 0.29) is 18.7 Å². The molecule has 31 heavy (non-hydrogen) atoms. The van der Waals surface area contributed by atoms with E-state index in [0.29, 0.717) is 42.0 Å². The lowest BCUT2D eigenvalue weighted by Crippen LogP contribution is -2.49. The van der Waals surface area contributed by atoms with Gasteiger partial charge in [-0.1, -0.05) is 6.07 Å². The van der Waals surface area contributed by atoms with E-state index in [9.17, 15) is 4.79 Å². The first kappa shape index (κ1) is 23.2. The van der Waals surface area contributed by atoms with Crippen molar-refractivity contribution < 1.29 is 23.7 Å². The Hall–Kier alpha value is -2.42. The van der Waals surface area contributed by atoms with E-state index >= 15 is 0 Å². The molecule has 0 radical (unpaired) electrons. The van der Waals surface area contributed by atoms with Crippen LogP contribution in [-0.2, 0) is 9.47 Å². The first-order valence-corrected chi connectivity index (χ1v) is 10.8. The molecule has 1 aliphatic rings. The zero-order valence-corrected chi connectivity index (χ0v) is 18.8. The highest BCUT2D eigenvalue weighted by molar-refractivity contribution is 5.98. The zero-order valence-electron chi connectivity index (χ0n) is 18.8. The highest BCUT2D eigenvalue weighted by atomic mass is 16.7. The highest BCUT2D eigenvalue weighted by Crippen LogP contribution is 2.32. The summed E-state index contributed by atoms with van der Waals surface area (Å²) in [6.07, 6.45) is 2.02. The number of nitrogens with one attached hydrogen (secondary N) is 1. The second kappa shape index (κ2) is 11.3. The molecule has 1 fully saturated rings. The van der Waals surface area contributed by atoms with Gasteiger partial charge in [-0.25, -0.2) is 4.98 Å². The molecule has 0 saturated carbocycles. The topological polar surface area (TPSA) is 82.2 Å². The first-order valence-electron chi connectivity index (χ1n) is 10.8. The van der Waals surface area contributed by atoms with Crippen LogP contribution >= 0.6 is 0 Å².